The molecule has 3 heteroatoms. The molecule has 3 N–H and O–H groups in total. The number of amides is 1. The summed E-state index contributed by atoms with van der Waals surface area (Å²) < 4.78 is 0. The first-order chi connectivity index (χ1) is 10.2. The molecule has 0 saturated carbocycles. The van der Waals surface area contributed by atoms with Crippen molar-refractivity contribution >= 4 is 11.6 Å². The third-order valence-electron chi connectivity index (χ3n) is 2.97. The molecular formula is C18H18N2O. The molecule has 0 aromatic heterocycles. The van der Waals surface area contributed by atoms with Crippen LogP contribution in [-0.2, 0) is 11.2 Å². The second-order valence-electron chi connectivity index (χ2n) is 4.80. The van der Waals surface area contributed by atoms with Crippen LogP contribution in [0.25, 0.3) is 0 Å². The summed E-state index contributed by atoms with van der Waals surface area (Å²) in [6.07, 6.45) is 0.360. The van der Waals surface area contributed by atoms with Crippen LogP contribution in [0.2, 0.25) is 0 Å². The Balaban J connectivity index is 2.00. The molecule has 1 amide bonds. The molecule has 0 fully saturated rings. The molecule has 106 valence electrons. The smallest absolute Gasteiger partial charge is 0.228 e. The van der Waals surface area contributed by atoms with Crippen molar-refractivity contribution in [3.05, 3.63) is 65.2 Å². The third-order valence-corrected chi connectivity index (χ3v) is 2.97. The van der Waals surface area contributed by atoms with Gasteiger partial charge in [-0.25, -0.2) is 0 Å². The molecule has 3 nitrogen and oxygen atoms in total. The Bertz CT molecular complexity index is 678. The lowest BCUT2D eigenvalue weighted by Crippen LogP contribution is -2.14. The summed E-state index contributed by atoms with van der Waals surface area (Å²) in [6, 6.07) is 15.4. The first-order valence-corrected chi connectivity index (χ1v) is 6.82. The average molecular weight is 278 g/mol. The standard InChI is InChI=1S/C18H18N2O/c1-14-7-9-16(10-8-14)13-18(21)20-17-6-2-4-15(12-17)5-3-11-19/h2,4,6-10,12H,11,13,19H2,1H3,(H,20,21). The quantitative estimate of drug-likeness (QED) is 0.848. The number of nitrogens with one attached hydrogen (secondary N) is 1. The molecule has 0 aliphatic heterocycles. The van der Waals surface area contributed by atoms with E-state index in [9.17, 15) is 4.79 Å². The first-order valence-electron chi connectivity index (χ1n) is 6.82. The minimum atomic E-state index is -0.0391. The van der Waals surface area contributed by atoms with Crippen LogP contribution in [0.15, 0.2) is 48.5 Å². The summed E-state index contributed by atoms with van der Waals surface area (Å²) in [6.45, 7) is 2.35. The second-order valence-corrected chi connectivity index (χ2v) is 4.80. The number of rotatable bonds is 3. The maximum absolute atomic E-state index is 12.0. The lowest BCUT2D eigenvalue weighted by atomic mass is 10.1. The van der Waals surface area contributed by atoms with E-state index >= 15 is 0 Å². The molecular weight excluding hydrogens is 260 g/mol. The molecule has 2 aromatic carbocycles. The van der Waals surface area contributed by atoms with E-state index in [1.54, 1.807) is 0 Å². The van der Waals surface area contributed by atoms with Gasteiger partial charge < -0.3 is 11.1 Å². The Labute approximate surface area is 125 Å². The summed E-state index contributed by atoms with van der Waals surface area (Å²) in [7, 11) is 0. The number of benzene rings is 2. The van der Waals surface area contributed by atoms with E-state index in [1.807, 2.05) is 55.5 Å². The Hall–Kier alpha value is -2.57. The van der Waals surface area contributed by atoms with Gasteiger partial charge in [0.05, 0.1) is 13.0 Å². The Morgan fingerprint density at radius 2 is 1.95 bits per heavy atom. The fraction of sp³-hybridized carbons (Fsp3) is 0.167. The molecule has 0 bridgehead atoms. The van der Waals surface area contributed by atoms with Crippen molar-refractivity contribution in [2.24, 2.45) is 5.73 Å². The van der Waals surface area contributed by atoms with E-state index in [0.29, 0.717) is 13.0 Å². The SMILES string of the molecule is Cc1ccc(CC(=O)Nc2cccc(C#CCN)c2)cc1. The highest BCUT2D eigenvalue weighted by atomic mass is 16.1. The Morgan fingerprint density at radius 3 is 2.67 bits per heavy atom. The molecule has 0 heterocycles. The molecule has 0 saturated heterocycles. The number of nitrogens with two attached hydrogens (primary N) is 1. The molecule has 2 rings (SSSR count). The molecule has 0 atom stereocenters. The fourth-order valence-corrected chi connectivity index (χ4v) is 1.92. The minimum Gasteiger partial charge on any atom is -0.326 e. The number of carbonyl (C=O) groups excluding carboxylic acids is 1. The van der Waals surface area contributed by atoms with Crippen LogP contribution in [-0.4, -0.2) is 12.5 Å². The van der Waals surface area contributed by atoms with E-state index in [4.69, 9.17) is 5.73 Å². The van der Waals surface area contributed by atoms with Crippen molar-refractivity contribution in [1.82, 2.24) is 0 Å². The highest BCUT2D eigenvalue weighted by Gasteiger charge is 2.04. The maximum atomic E-state index is 12.0. The molecule has 0 radical (unpaired) electrons. The van der Waals surface area contributed by atoms with Crippen molar-refractivity contribution < 1.29 is 4.79 Å². The predicted molar refractivity (Wildman–Crippen MR) is 85.9 cm³/mol. The van der Waals surface area contributed by atoms with Crippen LogP contribution < -0.4 is 11.1 Å². The van der Waals surface area contributed by atoms with Gasteiger partial charge in [-0.2, -0.15) is 0 Å². The fourth-order valence-electron chi connectivity index (χ4n) is 1.92. The zero-order valence-electron chi connectivity index (χ0n) is 12.0. The van der Waals surface area contributed by atoms with Gasteiger partial charge >= 0.3 is 0 Å². The van der Waals surface area contributed by atoms with E-state index in [2.05, 4.69) is 17.2 Å². The normalized spacial score (nSPS) is 9.62. The van der Waals surface area contributed by atoms with Gasteiger partial charge in [0.25, 0.3) is 0 Å². The van der Waals surface area contributed by atoms with Crippen molar-refractivity contribution in [3.8, 4) is 11.8 Å². The lowest BCUT2D eigenvalue weighted by Gasteiger charge is -2.06. The summed E-state index contributed by atoms with van der Waals surface area (Å²) in [4.78, 5) is 12.0. The molecule has 2 aromatic rings. The van der Waals surface area contributed by atoms with E-state index in [0.717, 1.165) is 16.8 Å². The summed E-state index contributed by atoms with van der Waals surface area (Å²) in [5, 5.41) is 2.88. The highest BCUT2D eigenvalue weighted by Crippen LogP contribution is 2.11. The number of aryl methyl sites for hydroxylation is 1. The van der Waals surface area contributed by atoms with Crippen molar-refractivity contribution in [3.63, 3.8) is 0 Å². The van der Waals surface area contributed by atoms with Gasteiger partial charge in [0.1, 0.15) is 0 Å². The van der Waals surface area contributed by atoms with Crippen LogP contribution in [0.5, 0.6) is 0 Å². The van der Waals surface area contributed by atoms with Crippen molar-refractivity contribution in [2.75, 3.05) is 11.9 Å². The predicted octanol–water partition coefficient (Wildman–Crippen LogP) is 2.49. The minimum absolute atomic E-state index is 0.0391. The Morgan fingerprint density at radius 1 is 1.19 bits per heavy atom. The second kappa shape index (κ2) is 7.28. The number of carbonyl (C=O) groups is 1. The van der Waals surface area contributed by atoms with Gasteiger partial charge in [0.15, 0.2) is 0 Å². The summed E-state index contributed by atoms with van der Waals surface area (Å²) in [5.41, 5.74) is 9.12. The molecule has 0 aliphatic rings. The van der Waals surface area contributed by atoms with Crippen molar-refractivity contribution in [2.45, 2.75) is 13.3 Å². The zero-order valence-corrected chi connectivity index (χ0v) is 12.0. The summed E-state index contributed by atoms with van der Waals surface area (Å²) in [5.74, 6) is 5.70. The molecule has 0 aliphatic carbocycles. The van der Waals surface area contributed by atoms with Gasteiger partial charge in [-0.1, -0.05) is 47.7 Å². The number of hydrogen-bond acceptors (Lipinski definition) is 2. The van der Waals surface area contributed by atoms with Gasteiger partial charge in [-0.05, 0) is 30.7 Å². The first kappa shape index (κ1) is 14.8. The van der Waals surface area contributed by atoms with Gasteiger partial charge in [0, 0.05) is 11.3 Å². The third kappa shape index (κ3) is 4.79. The number of anilines is 1. The van der Waals surface area contributed by atoms with Crippen LogP contribution in [0.1, 0.15) is 16.7 Å². The van der Waals surface area contributed by atoms with E-state index in [-0.39, 0.29) is 5.91 Å². The lowest BCUT2D eigenvalue weighted by molar-refractivity contribution is -0.115. The van der Waals surface area contributed by atoms with Crippen molar-refractivity contribution in [1.29, 1.82) is 0 Å². The molecule has 0 spiro atoms. The van der Waals surface area contributed by atoms with E-state index in [1.165, 1.54) is 5.56 Å². The van der Waals surface area contributed by atoms with Crippen LogP contribution in [0.4, 0.5) is 5.69 Å². The Kier molecular flexibility index (Phi) is 5.14. The number of hydrogen-bond donors (Lipinski definition) is 2. The zero-order chi connectivity index (χ0) is 15.1. The topological polar surface area (TPSA) is 55.1 Å². The van der Waals surface area contributed by atoms with E-state index < -0.39 is 0 Å². The average Bonchev–Trinajstić information content (AvgIpc) is 2.48. The maximum Gasteiger partial charge on any atom is 0.228 e. The monoisotopic (exact) mass is 278 g/mol. The molecule has 0 unspecified atom stereocenters. The van der Waals surface area contributed by atoms with Gasteiger partial charge in [-0.15, -0.1) is 0 Å². The van der Waals surface area contributed by atoms with Gasteiger partial charge in [-0.3, -0.25) is 4.79 Å². The van der Waals surface area contributed by atoms with Crippen LogP contribution in [0.3, 0.4) is 0 Å². The van der Waals surface area contributed by atoms with Gasteiger partial charge in [0.2, 0.25) is 5.91 Å². The van der Waals surface area contributed by atoms with Crippen LogP contribution in [0, 0.1) is 18.8 Å². The van der Waals surface area contributed by atoms with Crippen LogP contribution >= 0.6 is 0 Å². The largest absolute Gasteiger partial charge is 0.326 e. The molecule has 21 heavy (non-hydrogen) atoms. The summed E-state index contributed by atoms with van der Waals surface area (Å²) >= 11 is 0. The highest BCUT2D eigenvalue weighted by molar-refractivity contribution is 5.92.